The van der Waals surface area contributed by atoms with E-state index in [0.717, 1.165) is 12.1 Å². The number of halogens is 3. The van der Waals surface area contributed by atoms with Crippen LogP contribution in [0.3, 0.4) is 0 Å². The monoisotopic (exact) mass is 274 g/mol. The number of alkyl halides is 3. The Bertz CT molecular complexity index is 516. The lowest BCUT2D eigenvalue weighted by Gasteiger charge is -2.13. The molecule has 1 atom stereocenters. The number of benzene rings is 1. The van der Waals surface area contributed by atoms with Crippen LogP contribution in [-0.4, -0.2) is 24.5 Å². The molecule has 0 bridgehead atoms. The molecule has 19 heavy (non-hydrogen) atoms. The minimum absolute atomic E-state index is 0.126. The Balaban J connectivity index is 2.22. The van der Waals surface area contributed by atoms with Gasteiger partial charge in [-0.25, -0.2) is 5.48 Å². The third kappa shape index (κ3) is 2.84. The largest absolute Gasteiger partial charge is 0.417 e. The maximum absolute atomic E-state index is 12.7. The van der Waals surface area contributed by atoms with Gasteiger partial charge in [-0.15, -0.1) is 0 Å². The summed E-state index contributed by atoms with van der Waals surface area (Å²) in [4.78, 5) is 27.5. The molecule has 0 aliphatic carbocycles. The average molecular weight is 274 g/mol. The number of hydroxylamine groups is 1. The second kappa shape index (κ2) is 4.88. The molecule has 0 radical (unpaired) electrons. The van der Waals surface area contributed by atoms with Gasteiger partial charge >= 0.3 is 6.18 Å². The van der Waals surface area contributed by atoms with E-state index < -0.39 is 35.2 Å². The van der Waals surface area contributed by atoms with Crippen molar-refractivity contribution in [2.24, 2.45) is 0 Å². The third-order valence-electron chi connectivity index (χ3n) is 2.52. The number of hydrogen-bond donors (Lipinski definition) is 2. The van der Waals surface area contributed by atoms with Crippen molar-refractivity contribution in [3.8, 4) is 0 Å². The van der Waals surface area contributed by atoms with E-state index in [1.807, 2.05) is 5.48 Å². The molecule has 0 saturated carbocycles. The summed E-state index contributed by atoms with van der Waals surface area (Å²) in [6.45, 7) is -0.126. The first-order valence-corrected chi connectivity index (χ1v) is 5.28. The SMILES string of the molecule is O=C(NC1CONC1=O)c1ccccc1C(F)(F)F. The molecule has 0 aromatic heterocycles. The van der Waals surface area contributed by atoms with Crippen molar-refractivity contribution in [1.29, 1.82) is 0 Å². The molecule has 1 saturated heterocycles. The molecule has 2 N–H and O–H groups in total. The number of nitrogens with one attached hydrogen (secondary N) is 2. The standard InChI is InChI=1S/C11H9F3N2O3/c12-11(13,14)7-4-2-1-3-6(7)9(17)15-8-5-19-16-10(8)18/h1-4,8H,5H2,(H,15,17)(H,16,18). The van der Waals surface area contributed by atoms with E-state index in [-0.39, 0.29) is 6.61 Å². The van der Waals surface area contributed by atoms with Gasteiger partial charge in [0.1, 0.15) is 12.6 Å². The highest BCUT2D eigenvalue weighted by Crippen LogP contribution is 2.31. The van der Waals surface area contributed by atoms with Gasteiger partial charge in [0.25, 0.3) is 11.8 Å². The van der Waals surface area contributed by atoms with Gasteiger partial charge in [-0.2, -0.15) is 13.2 Å². The van der Waals surface area contributed by atoms with Crippen LogP contribution in [0.15, 0.2) is 24.3 Å². The molecule has 1 aromatic rings. The second-order valence-corrected chi connectivity index (χ2v) is 3.85. The molecule has 5 nitrogen and oxygen atoms in total. The third-order valence-corrected chi connectivity index (χ3v) is 2.52. The molecular formula is C11H9F3N2O3. The predicted octanol–water partition coefficient (Wildman–Crippen LogP) is 0.865. The van der Waals surface area contributed by atoms with Gasteiger partial charge in [0.2, 0.25) is 0 Å². The first kappa shape index (κ1) is 13.3. The van der Waals surface area contributed by atoms with Crippen molar-refractivity contribution in [2.75, 3.05) is 6.61 Å². The molecule has 8 heteroatoms. The number of amides is 2. The van der Waals surface area contributed by atoms with E-state index in [1.54, 1.807) is 0 Å². The summed E-state index contributed by atoms with van der Waals surface area (Å²) in [6, 6.07) is 3.36. The van der Waals surface area contributed by atoms with E-state index >= 15 is 0 Å². The first-order chi connectivity index (χ1) is 8.89. The number of carbonyl (C=O) groups is 2. The molecule has 1 unspecified atom stereocenters. The van der Waals surface area contributed by atoms with E-state index in [2.05, 4.69) is 10.2 Å². The van der Waals surface area contributed by atoms with E-state index in [1.165, 1.54) is 12.1 Å². The van der Waals surface area contributed by atoms with Gasteiger partial charge in [0, 0.05) is 0 Å². The lowest BCUT2D eigenvalue weighted by atomic mass is 10.1. The van der Waals surface area contributed by atoms with Gasteiger partial charge < -0.3 is 5.32 Å². The van der Waals surface area contributed by atoms with Crippen molar-refractivity contribution in [3.05, 3.63) is 35.4 Å². The van der Waals surface area contributed by atoms with Crippen LogP contribution in [0.25, 0.3) is 0 Å². The summed E-state index contributed by atoms with van der Waals surface area (Å²) in [5.41, 5.74) is 0.413. The van der Waals surface area contributed by atoms with Crippen molar-refractivity contribution in [1.82, 2.24) is 10.8 Å². The highest BCUT2D eigenvalue weighted by Gasteiger charge is 2.36. The molecular weight excluding hydrogens is 265 g/mol. The lowest BCUT2D eigenvalue weighted by Crippen LogP contribution is -2.42. The fourth-order valence-electron chi connectivity index (χ4n) is 1.61. The average Bonchev–Trinajstić information content (AvgIpc) is 2.74. The molecule has 102 valence electrons. The summed E-state index contributed by atoms with van der Waals surface area (Å²) >= 11 is 0. The van der Waals surface area contributed by atoms with Crippen LogP contribution < -0.4 is 10.8 Å². The second-order valence-electron chi connectivity index (χ2n) is 3.85. The smallest absolute Gasteiger partial charge is 0.338 e. The Morgan fingerprint density at radius 3 is 2.63 bits per heavy atom. The van der Waals surface area contributed by atoms with E-state index in [9.17, 15) is 22.8 Å². The number of rotatable bonds is 2. The maximum Gasteiger partial charge on any atom is 0.417 e. The predicted molar refractivity (Wildman–Crippen MR) is 56.8 cm³/mol. The fourth-order valence-corrected chi connectivity index (χ4v) is 1.61. The quantitative estimate of drug-likeness (QED) is 0.840. The molecule has 1 heterocycles. The molecule has 2 amide bonds. The van der Waals surface area contributed by atoms with Crippen molar-refractivity contribution < 1.29 is 27.6 Å². The zero-order chi connectivity index (χ0) is 14.0. The zero-order valence-electron chi connectivity index (χ0n) is 9.45. The Morgan fingerprint density at radius 1 is 1.37 bits per heavy atom. The highest BCUT2D eigenvalue weighted by atomic mass is 19.4. The maximum atomic E-state index is 12.7. The Hall–Kier alpha value is -2.09. The Labute approximate surface area is 105 Å². The van der Waals surface area contributed by atoms with Gasteiger partial charge in [-0.05, 0) is 12.1 Å². The van der Waals surface area contributed by atoms with Gasteiger partial charge in [0.15, 0.2) is 0 Å². The van der Waals surface area contributed by atoms with Crippen LogP contribution >= 0.6 is 0 Å². The van der Waals surface area contributed by atoms with Crippen molar-refractivity contribution in [3.63, 3.8) is 0 Å². The zero-order valence-corrected chi connectivity index (χ0v) is 9.45. The van der Waals surface area contributed by atoms with E-state index in [4.69, 9.17) is 0 Å². The topological polar surface area (TPSA) is 67.4 Å². The van der Waals surface area contributed by atoms with Gasteiger partial charge in [-0.1, -0.05) is 12.1 Å². The summed E-state index contributed by atoms with van der Waals surface area (Å²) < 4.78 is 38.1. The van der Waals surface area contributed by atoms with Crippen LogP contribution in [0.5, 0.6) is 0 Å². The Kier molecular flexibility index (Phi) is 3.43. The molecule has 2 rings (SSSR count). The van der Waals surface area contributed by atoms with Crippen molar-refractivity contribution >= 4 is 11.8 Å². The van der Waals surface area contributed by atoms with Gasteiger partial charge in [-0.3, -0.25) is 14.4 Å². The van der Waals surface area contributed by atoms with Crippen LogP contribution in [0.1, 0.15) is 15.9 Å². The van der Waals surface area contributed by atoms with Crippen LogP contribution in [0.4, 0.5) is 13.2 Å². The van der Waals surface area contributed by atoms with Crippen LogP contribution in [-0.2, 0) is 15.8 Å². The first-order valence-electron chi connectivity index (χ1n) is 5.28. The summed E-state index contributed by atoms with van der Waals surface area (Å²) in [7, 11) is 0. The van der Waals surface area contributed by atoms with E-state index in [0.29, 0.717) is 0 Å². The lowest BCUT2D eigenvalue weighted by molar-refractivity contribution is -0.137. The minimum Gasteiger partial charge on any atom is -0.338 e. The Morgan fingerprint density at radius 2 is 2.05 bits per heavy atom. The fraction of sp³-hybridized carbons (Fsp3) is 0.273. The molecule has 1 aliphatic heterocycles. The molecule has 0 spiro atoms. The van der Waals surface area contributed by atoms with Crippen LogP contribution in [0.2, 0.25) is 0 Å². The highest BCUT2D eigenvalue weighted by molar-refractivity contribution is 5.99. The molecule has 1 aliphatic rings. The summed E-state index contributed by atoms with van der Waals surface area (Å²) in [6.07, 6.45) is -4.64. The van der Waals surface area contributed by atoms with Gasteiger partial charge in [0.05, 0.1) is 11.1 Å². The number of carbonyl (C=O) groups excluding carboxylic acids is 2. The van der Waals surface area contributed by atoms with Crippen molar-refractivity contribution in [2.45, 2.75) is 12.2 Å². The van der Waals surface area contributed by atoms with Crippen LogP contribution in [0, 0.1) is 0 Å². The summed E-state index contributed by atoms with van der Waals surface area (Å²) in [5.74, 6) is -1.57. The number of hydrogen-bond acceptors (Lipinski definition) is 3. The molecule has 1 aromatic carbocycles. The summed E-state index contributed by atoms with van der Waals surface area (Å²) in [5, 5.41) is 2.18. The normalized spacial score (nSPS) is 19.1. The minimum atomic E-state index is -4.64. The molecule has 1 fully saturated rings.